The maximum atomic E-state index is 6.12. The van der Waals surface area contributed by atoms with Gasteiger partial charge in [-0.3, -0.25) is 4.98 Å². The number of benzene rings is 1. The van der Waals surface area contributed by atoms with Crippen molar-refractivity contribution in [1.29, 1.82) is 0 Å². The lowest BCUT2D eigenvalue weighted by Crippen LogP contribution is -2.32. The number of rotatable bonds is 5. The standard InChI is InChI=1S/C28H30N4O2/c1-7-26(33-28(4,5)6)31-25-13-11-23(27-18(2)32-34-19(27)3)24(30-25)12-9-20-8-10-22-17-29-15-14-21(22)16-20/h8,10-11,13-17,26H,7H2,1-6H3,(H,30,31). The van der Waals surface area contributed by atoms with Crippen molar-refractivity contribution in [3.05, 3.63) is 71.5 Å². The van der Waals surface area contributed by atoms with Crippen molar-refractivity contribution in [3.8, 4) is 23.0 Å². The second kappa shape index (κ2) is 9.66. The van der Waals surface area contributed by atoms with Gasteiger partial charge in [0.15, 0.2) is 0 Å². The highest BCUT2D eigenvalue weighted by Crippen LogP contribution is 2.30. The lowest BCUT2D eigenvalue weighted by atomic mass is 10.0. The Labute approximate surface area is 200 Å². The topological polar surface area (TPSA) is 73.1 Å². The first-order valence-electron chi connectivity index (χ1n) is 11.5. The quantitative estimate of drug-likeness (QED) is 0.283. The molecule has 0 amide bonds. The highest BCUT2D eigenvalue weighted by molar-refractivity contribution is 5.83. The second-order valence-electron chi connectivity index (χ2n) is 9.25. The molecule has 6 heteroatoms. The zero-order valence-corrected chi connectivity index (χ0v) is 20.6. The minimum absolute atomic E-state index is 0.160. The Kier molecular flexibility index (Phi) is 6.67. The molecule has 174 valence electrons. The molecule has 3 aromatic heterocycles. The number of nitrogens with zero attached hydrogens (tertiary/aromatic N) is 3. The highest BCUT2D eigenvalue weighted by atomic mass is 16.5. The van der Waals surface area contributed by atoms with E-state index < -0.39 is 0 Å². The van der Waals surface area contributed by atoms with Gasteiger partial charge in [0.1, 0.15) is 23.5 Å². The lowest BCUT2D eigenvalue weighted by Gasteiger charge is -2.27. The van der Waals surface area contributed by atoms with Crippen LogP contribution in [0.25, 0.3) is 21.9 Å². The number of aryl methyl sites for hydroxylation is 2. The van der Waals surface area contributed by atoms with Gasteiger partial charge in [0.2, 0.25) is 0 Å². The van der Waals surface area contributed by atoms with Crippen molar-refractivity contribution in [2.75, 3.05) is 5.32 Å². The summed E-state index contributed by atoms with van der Waals surface area (Å²) in [7, 11) is 0. The van der Waals surface area contributed by atoms with Gasteiger partial charge >= 0.3 is 0 Å². The number of anilines is 1. The van der Waals surface area contributed by atoms with Crippen LogP contribution in [0.3, 0.4) is 0 Å². The fraction of sp³-hybridized carbons (Fsp3) is 0.321. The lowest BCUT2D eigenvalue weighted by molar-refractivity contribution is -0.0479. The molecule has 34 heavy (non-hydrogen) atoms. The fourth-order valence-electron chi connectivity index (χ4n) is 3.80. The van der Waals surface area contributed by atoms with Gasteiger partial charge in [0.05, 0.1) is 16.9 Å². The molecule has 0 spiro atoms. The third-order valence-corrected chi connectivity index (χ3v) is 5.34. The van der Waals surface area contributed by atoms with E-state index in [9.17, 15) is 0 Å². The molecule has 0 aliphatic heterocycles. The van der Waals surface area contributed by atoms with Crippen molar-refractivity contribution < 1.29 is 9.26 Å². The monoisotopic (exact) mass is 454 g/mol. The first kappa shape index (κ1) is 23.5. The van der Waals surface area contributed by atoms with E-state index in [1.807, 2.05) is 71.1 Å². The summed E-state index contributed by atoms with van der Waals surface area (Å²) in [6, 6.07) is 12.0. The van der Waals surface area contributed by atoms with E-state index in [4.69, 9.17) is 14.2 Å². The van der Waals surface area contributed by atoms with Crippen molar-refractivity contribution in [2.45, 2.75) is 59.8 Å². The van der Waals surface area contributed by atoms with Gasteiger partial charge in [0.25, 0.3) is 0 Å². The number of aromatic nitrogens is 3. The second-order valence-corrected chi connectivity index (χ2v) is 9.25. The number of fused-ring (bicyclic) bond motifs is 1. The number of nitrogens with one attached hydrogen (secondary N) is 1. The summed E-state index contributed by atoms with van der Waals surface area (Å²) in [5, 5.41) is 9.70. The third-order valence-electron chi connectivity index (χ3n) is 5.34. The summed E-state index contributed by atoms with van der Waals surface area (Å²) in [5.74, 6) is 8.02. The molecule has 0 aliphatic rings. The molecule has 4 aromatic rings. The average molecular weight is 455 g/mol. The van der Waals surface area contributed by atoms with Gasteiger partial charge in [-0.05, 0) is 82.7 Å². The van der Waals surface area contributed by atoms with Crippen molar-refractivity contribution in [3.63, 3.8) is 0 Å². The van der Waals surface area contributed by atoms with E-state index in [1.54, 1.807) is 6.20 Å². The minimum atomic E-state index is -0.265. The SMILES string of the molecule is CCC(Nc1ccc(-c2c(C)noc2C)c(C#Cc2ccc3cnccc3c2)n1)OC(C)(C)C. The van der Waals surface area contributed by atoms with E-state index in [1.165, 1.54) is 0 Å². The number of pyridine rings is 2. The summed E-state index contributed by atoms with van der Waals surface area (Å²) >= 11 is 0. The molecule has 1 atom stereocenters. The van der Waals surface area contributed by atoms with Crippen LogP contribution < -0.4 is 5.32 Å². The van der Waals surface area contributed by atoms with Crippen molar-refractivity contribution >= 4 is 16.6 Å². The van der Waals surface area contributed by atoms with Gasteiger partial charge in [-0.2, -0.15) is 0 Å². The molecule has 0 fully saturated rings. The van der Waals surface area contributed by atoms with E-state index >= 15 is 0 Å². The van der Waals surface area contributed by atoms with Crippen LogP contribution in [0.2, 0.25) is 0 Å². The largest absolute Gasteiger partial charge is 0.361 e. The summed E-state index contributed by atoms with van der Waals surface area (Å²) in [6.07, 6.45) is 4.28. The van der Waals surface area contributed by atoms with Crippen LogP contribution in [0, 0.1) is 25.7 Å². The fourth-order valence-corrected chi connectivity index (χ4v) is 3.80. The van der Waals surface area contributed by atoms with Crippen LogP contribution >= 0.6 is 0 Å². The molecule has 3 heterocycles. The first-order valence-corrected chi connectivity index (χ1v) is 11.5. The molecule has 1 aromatic carbocycles. The van der Waals surface area contributed by atoms with Crippen molar-refractivity contribution in [2.24, 2.45) is 0 Å². The zero-order valence-electron chi connectivity index (χ0n) is 20.6. The van der Waals surface area contributed by atoms with Crippen LogP contribution in [0.4, 0.5) is 5.82 Å². The minimum Gasteiger partial charge on any atom is -0.361 e. The summed E-state index contributed by atoms with van der Waals surface area (Å²) in [5.41, 5.74) is 3.92. The average Bonchev–Trinajstić information content (AvgIpc) is 3.14. The van der Waals surface area contributed by atoms with E-state index in [0.29, 0.717) is 11.5 Å². The van der Waals surface area contributed by atoms with Gasteiger partial charge < -0.3 is 14.6 Å². The van der Waals surface area contributed by atoms with Gasteiger partial charge in [-0.15, -0.1) is 0 Å². The van der Waals surface area contributed by atoms with E-state index in [-0.39, 0.29) is 11.8 Å². The predicted octanol–water partition coefficient (Wildman–Crippen LogP) is 6.26. The molecular formula is C28H30N4O2. The molecule has 0 saturated carbocycles. The Morgan fingerprint density at radius 1 is 1.06 bits per heavy atom. The Balaban J connectivity index is 1.75. The molecule has 4 rings (SSSR count). The summed E-state index contributed by atoms with van der Waals surface area (Å²) < 4.78 is 11.5. The maximum absolute atomic E-state index is 6.12. The van der Waals surface area contributed by atoms with Gasteiger partial charge in [0, 0.05) is 28.9 Å². The molecule has 6 nitrogen and oxygen atoms in total. The number of hydrogen-bond donors (Lipinski definition) is 1. The maximum Gasteiger partial charge on any atom is 0.141 e. The van der Waals surface area contributed by atoms with Gasteiger partial charge in [-0.1, -0.05) is 24.1 Å². The smallest absolute Gasteiger partial charge is 0.141 e. The highest BCUT2D eigenvalue weighted by Gasteiger charge is 2.19. The van der Waals surface area contributed by atoms with Crippen molar-refractivity contribution in [1.82, 2.24) is 15.1 Å². The molecule has 0 bridgehead atoms. The molecule has 1 N–H and O–H groups in total. The Morgan fingerprint density at radius 2 is 1.88 bits per heavy atom. The normalized spacial score (nSPS) is 12.3. The Morgan fingerprint density at radius 3 is 2.59 bits per heavy atom. The third kappa shape index (κ3) is 5.44. The molecule has 1 unspecified atom stereocenters. The molecular weight excluding hydrogens is 424 g/mol. The first-order chi connectivity index (χ1) is 16.2. The summed E-state index contributed by atoms with van der Waals surface area (Å²) in [6.45, 7) is 12.0. The van der Waals surface area contributed by atoms with Crippen LogP contribution in [0.1, 0.15) is 56.8 Å². The number of hydrogen-bond acceptors (Lipinski definition) is 6. The Bertz CT molecular complexity index is 1350. The van der Waals surface area contributed by atoms with E-state index in [2.05, 4.69) is 40.3 Å². The molecule has 0 aliphatic carbocycles. The van der Waals surface area contributed by atoms with Crippen LogP contribution in [-0.4, -0.2) is 27.0 Å². The molecule has 0 saturated heterocycles. The zero-order chi connectivity index (χ0) is 24.3. The van der Waals surface area contributed by atoms with Crippen LogP contribution in [-0.2, 0) is 4.74 Å². The van der Waals surface area contributed by atoms with E-state index in [0.717, 1.165) is 45.3 Å². The summed E-state index contributed by atoms with van der Waals surface area (Å²) in [4.78, 5) is 9.04. The Hall–Kier alpha value is -3.69. The predicted molar refractivity (Wildman–Crippen MR) is 135 cm³/mol. The van der Waals surface area contributed by atoms with Gasteiger partial charge in [-0.25, -0.2) is 4.98 Å². The number of ether oxygens (including phenoxy) is 1. The molecule has 0 radical (unpaired) electrons. The van der Waals surface area contributed by atoms with Crippen LogP contribution in [0.5, 0.6) is 0 Å². The van der Waals surface area contributed by atoms with Crippen LogP contribution in [0.15, 0.2) is 53.3 Å².